The van der Waals surface area contributed by atoms with Gasteiger partial charge in [-0.05, 0) is 105 Å². The molecule has 0 radical (unpaired) electrons. The summed E-state index contributed by atoms with van der Waals surface area (Å²) in [6.07, 6.45) is 3.55. The third-order valence-electron chi connectivity index (χ3n) is 10.8. The Kier molecular flexibility index (Phi) is 5.79. The molecule has 3 aliphatic rings. The molecule has 1 aliphatic carbocycles. The first kappa shape index (κ1) is 27.7. The van der Waals surface area contributed by atoms with Crippen molar-refractivity contribution in [3.63, 3.8) is 0 Å². The zero-order valence-corrected chi connectivity index (χ0v) is 27.7. The lowest BCUT2D eigenvalue weighted by Gasteiger charge is -2.35. The van der Waals surface area contributed by atoms with Crippen molar-refractivity contribution in [1.29, 1.82) is 0 Å². The topological polar surface area (TPSA) is 26.6 Å². The van der Waals surface area contributed by atoms with Crippen LogP contribution in [-0.4, -0.2) is 11.3 Å². The Labute approximate surface area is 281 Å². The van der Waals surface area contributed by atoms with Gasteiger partial charge in [-0.2, -0.15) is 0 Å². The molecule has 0 fully saturated rings. The van der Waals surface area contributed by atoms with Crippen LogP contribution in [0.1, 0.15) is 34.2 Å². The maximum atomic E-state index is 7.01. The van der Waals surface area contributed by atoms with Crippen LogP contribution in [0.15, 0.2) is 103 Å². The predicted octanol–water partition coefficient (Wildman–Crippen LogP) is 8.94. The third-order valence-corrected chi connectivity index (χ3v) is 10.8. The van der Waals surface area contributed by atoms with Gasteiger partial charge in [-0.25, -0.2) is 0 Å². The highest BCUT2D eigenvalue weighted by Gasteiger charge is 2.41. The van der Waals surface area contributed by atoms with Gasteiger partial charge in [-0.15, -0.1) is 0 Å². The molecule has 3 heterocycles. The molecule has 0 atom stereocenters. The van der Waals surface area contributed by atoms with E-state index in [1.807, 2.05) is 0 Å². The summed E-state index contributed by atoms with van der Waals surface area (Å²) < 4.78 is 16.2. The summed E-state index contributed by atoms with van der Waals surface area (Å²) in [5, 5.41) is 2.56. The van der Waals surface area contributed by atoms with Crippen molar-refractivity contribution >= 4 is 62.0 Å². The van der Waals surface area contributed by atoms with Crippen molar-refractivity contribution in [1.82, 2.24) is 4.57 Å². The van der Waals surface area contributed by atoms with Crippen molar-refractivity contribution in [2.24, 2.45) is 7.05 Å². The van der Waals surface area contributed by atoms with Crippen molar-refractivity contribution in [3.05, 3.63) is 131 Å². The molecule has 0 spiro atoms. The number of hydrogen-bond acceptors (Lipinski definition) is 3. The Morgan fingerprint density at radius 1 is 0.583 bits per heavy atom. The van der Waals surface area contributed by atoms with Crippen LogP contribution in [0.25, 0.3) is 21.8 Å². The van der Waals surface area contributed by atoms with Crippen molar-refractivity contribution in [2.75, 3.05) is 4.90 Å². The number of aromatic nitrogens is 1. The van der Waals surface area contributed by atoms with Gasteiger partial charge >= 0.3 is 0 Å². The Bertz CT molecular complexity index is 2430. The molecule has 10 rings (SSSR count). The summed E-state index contributed by atoms with van der Waals surface area (Å²) in [6, 6.07) is 37.8. The number of aryl methyl sites for hydroxylation is 6. The first-order valence-electron chi connectivity index (χ1n) is 17.1. The van der Waals surface area contributed by atoms with E-state index >= 15 is 0 Å². The van der Waals surface area contributed by atoms with E-state index in [9.17, 15) is 0 Å². The molecule has 0 amide bonds. The van der Waals surface area contributed by atoms with Crippen LogP contribution in [0.5, 0.6) is 23.0 Å². The molecule has 0 unspecified atom stereocenters. The Hall–Kier alpha value is -5.42. The first-order chi connectivity index (χ1) is 23.4. The molecule has 5 heteroatoms. The van der Waals surface area contributed by atoms with E-state index in [2.05, 4.69) is 140 Å². The molecule has 1 aromatic heterocycles. The van der Waals surface area contributed by atoms with E-state index in [4.69, 9.17) is 9.47 Å². The fraction of sp³-hybridized carbons (Fsp3) is 0.163. The molecular weight excluding hydrogens is 587 g/mol. The average molecular weight is 623 g/mol. The fourth-order valence-corrected chi connectivity index (χ4v) is 8.47. The van der Waals surface area contributed by atoms with Gasteiger partial charge in [0, 0.05) is 52.3 Å². The molecular formula is C43H35BN2O2. The molecule has 6 aromatic carbocycles. The predicted molar refractivity (Wildman–Crippen MR) is 199 cm³/mol. The lowest BCUT2D eigenvalue weighted by Crippen LogP contribution is -2.57. The fourth-order valence-electron chi connectivity index (χ4n) is 8.47. The number of benzene rings is 6. The lowest BCUT2D eigenvalue weighted by molar-refractivity contribution is 0.465. The van der Waals surface area contributed by atoms with Crippen LogP contribution in [0.4, 0.5) is 17.1 Å². The standard InChI is InChI=1S/C43H35BN2O2/c1-25-8-14-29(15-9-25)46(30-16-10-26(2)11-17-30)31-21-40-42-41(22-31)48-39-23-34-33-18-13-28-6-5-7-32(28)43(33)45(4)37(34)24-36(39)44(42)35-20-27(3)12-19-38(35)47-40/h8-24H,5-7H2,1-4H3. The molecule has 48 heavy (non-hydrogen) atoms. The molecule has 0 saturated carbocycles. The quantitative estimate of drug-likeness (QED) is 0.184. The molecule has 0 saturated heterocycles. The van der Waals surface area contributed by atoms with E-state index in [1.54, 1.807) is 0 Å². The van der Waals surface area contributed by atoms with Crippen LogP contribution >= 0.6 is 0 Å². The Balaban J connectivity index is 1.22. The Morgan fingerprint density at radius 3 is 1.94 bits per heavy atom. The molecule has 0 N–H and O–H groups in total. The van der Waals surface area contributed by atoms with Crippen molar-refractivity contribution in [3.8, 4) is 23.0 Å². The van der Waals surface area contributed by atoms with E-state index in [-0.39, 0.29) is 6.71 Å². The van der Waals surface area contributed by atoms with Crippen LogP contribution in [0.2, 0.25) is 0 Å². The normalized spacial score (nSPS) is 13.9. The van der Waals surface area contributed by atoms with Crippen molar-refractivity contribution in [2.45, 2.75) is 40.0 Å². The lowest BCUT2D eigenvalue weighted by atomic mass is 9.34. The number of ether oxygens (including phenoxy) is 2. The second-order valence-corrected chi connectivity index (χ2v) is 14.0. The van der Waals surface area contributed by atoms with Gasteiger partial charge in [0.15, 0.2) is 0 Å². The number of fused-ring (bicyclic) bond motifs is 9. The molecule has 0 bridgehead atoms. The highest BCUT2D eigenvalue weighted by molar-refractivity contribution is 6.98. The summed E-state index contributed by atoms with van der Waals surface area (Å²) >= 11 is 0. The highest BCUT2D eigenvalue weighted by Crippen LogP contribution is 2.44. The van der Waals surface area contributed by atoms with Gasteiger partial charge in [0.1, 0.15) is 23.0 Å². The van der Waals surface area contributed by atoms with E-state index in [0.29, 0.717) is 0 Å². The van der Waals surface area contributed by atoms with Gasteiger partial charge in [-0.1, -0.05) is 65.2 Å². The molecule has 4 nitrogen and oxygen atoms in total. The zero-order valence-electron chi connectivity index (χ0n) is 27.7. The zero-order chi connectivity index (χ0) is 32.3. The molecule has 2 aliphatic heterocycles. The van der Waals surface area contributed by atoms with Crippen LogP contribution in [0.3, 0.4) is 0 Å². The maximum absolute atomic E-state index is 7.01. The summed E-state index contributed by atoms with van der Waals surface area (Å²) in [5.41, 5.74) is 15.9. The largest absolute Gasteiger partial charge is 0.458 e. The van der Waals surface area contributed by atoms with E-state index < -0.39 is 0 Å². The average Bonchev–Trinajstić information content (AvgIpc) is 3.68. The van der Waals surface area contributed by atoms with Crippen LogP contribution in [-0.2, 0) is 19.9 Å². The van der Waals surface area contributed by atoms with Gasteiger partial charge in [-0.3, -0.25) is 0 Å². The summed E-state index contributed by atoms with van der Waals surface area (Å²) in [5.74, 6) is 3.51. The summed E-state index contributed by atoms with van der Waals surface area (Å²) in [7, 11) is 2.23. The second-order valence-electron chi connectivity index (χ2n) is 14.0. The minimum absolute atomic E-state index is 0.00298. The summed E-state index contributed by atoms with van der Waals surface area (Å²) in [6.45, 7) is 6.41. The third kappa shape index (κ3) is 3.97. The van der Waals surface area contributed by atoms with E-state index in [0.717, 1.165) is 51.9 Å². The monoisotopic (exact) mass is 622 g/mol. The minimum atomic E-state index is -0.00298. The highest BCUT2D eigenvalue weighted by atomic mass is 16.5. The van der Waals surface area contributed by atoms with Gasteiger partial charge in [0.05, 0.1) is 11.2 Å². The number of rotatable bonds is 3. The minimum Gasteiger partial charge on any atom is -0.458 e. The summed E-state index contributed by atoms with van der Waals surface area (Å²) in [4.78, 5) is 2.30. The maximum Gasteiger partial charge on any atom is 0.260 e. The van der Waals surface area contributed by atoms with Gasteiger partial charge in [0.25, 0.3) is 6.71 Å². The van der Waals surface area contributed by atoms with Gasteiger partial charge in [0.2, 0.25) is 0 Å². The number of nitrogens with zero attached hydrogens (tertiary/aromatic N) is 2. The SMILES string of the molecule is Cc1ccc(N(c2ccc(C)cc2)c2cc3c4c(c2)Oc2cc5c6ccc7c(c6n(C)c5cc2B4c2cc(C)ccc2O3)CCC7)cc1. The number of hydrogen-bond donors (Lipinski definition) is 0. The number of anilines is 3. The Morgan fingerprint density at radius 2 is 1.23 bits per heavy atom. The molecule has 232 valence electrons. The second kappa shape index (κ2) is 10.0. The smallest absolute Gasteiger partial charge is 0.260 e. The van der Waals surface area contributed by atoms with E-state index in [1.165, 1.54) is 73.4 Å². The molecule has 7 aromatic rings. The van der Waals surface area contributed by atoms with Gasteiger partial charge < -0.3 is 18.9 Å². The van der Waals surface area contributed by atoms with Crippen molar-refractivity contribution < 1.29 is 9.47 Å². The first-order valence-corrected chi connectivity index (χ1v) is 17.1. The van der Waals surface area contributed by atoms with Crippen LogP contribution in [0, 0.1) is 20.8 Å². The van der Waals surface area contributed by atoms with Crippen LogP contribution < -0.4 is 30.8 Å².